The molecule has 3 aromatic rings. The van der Waals surface area contributed by atoms with Crippen molar-refractivity contribution in [3.63, 3.8) is 0 Å². The van der Waals surface area contributed by atoms with Crippen LogP contribution in [0.25, 0.3) is 6.08 Å². The molecule has 34 heavy (non-hydrogen) atoms. The molecule has 0 saturated carbocycles. The summed E-state index contributed by atoms with van der Waals surface area (Å²) in [5.74, 6) is 0.599. The van der Waals surface area contributed by atoms with E-state index in [0.717, 1.165) is 22.2 Å². The van der Waals surface area contributed by atoms with E-state index in [1.807, 2.05) is 19.1 Å². The van der Waals surface area contributed by atoms with Crippen molar-refractivity contribution in [1.82, 2.24) is 0 Å². The van der Waals surface area contributed by atoms with E-state index in [0.29, 0.717) is 44.8 Å². The summed E-state index contributed by atoms with van der Waals surface area (Å²) in [6.45, 7) is 2.49. The Hall–Kier alpha value is -3.73. The zero-order chi connectivity index (χ0) is 24.1. The predicted molar refractivity (Wildman–Crippen MR) is 133 cm³/mol. The van der Waals surface area contributed by atoms with Gasteiger partial charge in [-0.2, -0.15) is 5.26 Å². The first kappa shape index (κ1) is 23.4. The van der Waals surface area contributed by atoms with E-state index in [1.165, 1.54) is 0 Å². The van der Waals surface area contributed by atoms with Crippen LogP contribution < -0.4 is 14.4 Å². The number of carbonyl (C=O) groups excluding carboxylic acids is 2. The molecule has 4 rings (SSSR count). The molecule has 1 heterocycles. The number of thioether (sulfide) groups is 1. The smallest absolute Gasteiger partial charge is 0.298 e. The molecule has 0 spiro atoms. The summed E-state index contributed by atoms with van der Waals surface area (Å²) >= 11 is 6.88. The molecule has 0 unspecified atom stereocenters. The molecular formula is C26H19ClN2O4S. The van der Waals surface area contributed by atoms with Crippen molar-refractivity contribution in [1.29, 1.82) is 5.26 Å². The first-order valence-corrected chi connectivity index (χ1v) is 11.6. The highest BCUT2D eigenvalue weighted by Crippen LogP contribution is 2.37. The number of benzene rings is 3. The fourth-order valence-corrected chi connectivity index (χ4v) is 4.40. The van der Waals surface area contributed by atoms with Crippen LogP contribution in [-0.2, 0) is 11.4 Å². The molecule has 6 nitrogen and oxygen atoms in total. The molecule has 1 saturated heterocycles. The number of rotatable bonds is 7. The highest BCUT2D eigenvalue weighted by molar-refractivity contribution is 8.19. The minimum absolute atomic E-state index is 0.210. The SMILES string of the molecule is CCOc1cc(/C=C2/SC(=O)N(c3cccc(Cl)c3)C2=O)ccc1OCc1ccccc1C#N. The van der Waals surface area contributed by atoms with Crippen molar-refractivity contribution in [3.05, 3.63) is 93.3 Å². The molecular weight excluding hydrogens is 472 g/mol. The number of anilines is 1. The Bertz CT molecular complexity index is 1330. The van der Waals surface area contributed by atoms with Crippen LogP contribution in [0.1, 0.15) is 23.6 Å². The van der Waals surface area contributed by atoms with E-state index < -0.39 is 5.91 Å². The van der Waals surface area contributed by atoms with E-state index >= 15 is 0 Å². The van der Waals surface area contributed by atoms with Crippen LogP contribution in [0.15, 0.2) is 71.6 Å². The van der Waals surface area contributed by atoms with Gasteiger partial charge in [0.05, 0.1) is 28.8 Å². The molecule has 0 N–H and O–H groups in total. The van der Waals surface area contributed by atoms with Gasteiger partial charge in [0.1, 0.15) is 6.61 Å². The van der Waals surface area contributed by atoms with Crippen LogP contribution in [0, 0.1) is 11.3 Å². The zero-order valence-electron chi connectivity index (χ0n) is 18.2. The number of halogens is 1. The van der Waals surface area contributed by atoms with Crippen molar-refractivity contribution >= 4 is 46.3 Å². The van der Waals surface area contributed by atoms with E-state index in [9.17, 15) is 14.9 Å². The van der Waals surface area contributed by atoms with Crippen LogP contribution >= 0.6 is 23.4 Å². The average Bonchev–Trinajstić information content (AvgIpc) is 3.11. The first-order chi connectivity index (χ1) is 16.5. The summed E-state index contributed by atoms with van der Waals surface area (Å²) < 4.78 is 11.7. The quantitative estimate of drug-likeness (QED) is 0.355. The number of amides is 2. The van der Waals surface area contributed by atoms with Gasteiger partial charge in [-0.3, -0.25) is 9.59 Å². The van der Waals surface area contributed by atoms with Crippen molar-refractivity contribution in [2.45, 2.75) is 13.5 Å². The largest absolute Gasteiger partial charge is 0.490 e. The van der Waals surface area contributed by atoms with Crippen LogP contribution in [0.3, 0.4) is 0 Å². The van der Waals surface area contributed by atoms with Crippen LogP contribution in [0.4, 0.5) is 10.5 Å². The third-order valence-corrected chi connectivity index (χ3v) is 6.05. The second-order valence-corrected chi connectivity index (χ2v) is 8.62. The van der Waals surface area contributed by atoms with Gasteiger partial charge >= 0.3 is 0 Å². The highest BCUT2D eigenvalue weighted by Gasteiger charge is 2.36. The molecule has 170 valence electrons. The van der Waals surface area contributed by atoms with Gasteiger partial charge < -0.3 is 9.47 Å². The van der Waals surface area contributed by atoms with Gasteiger partial charge in [0.15, 0.2) is 11.5 Å². The molecule has 8 heteroatoms. The van der Waals surface area contributed by atoms with E-state index in [2.05, 4.69) is 6.07 Å². The number of nitriles is 1. The Morgan fingerprint density at radius 2 is 1.85 bits per heavy atom. The fraction of sp³-hybridized carbons (Fsp3) is 0.115. The lowest BCUT2D eigenvalue weighted by Crippen LogP contribution is -2.27. The maximum Gasteiger partial charge on any atom is 0.298 e. The summed E-state index contributed by atoms with van der Waals surface area (Å²) in [7, 11) is 0. The summed E-state index contributed by atoms with van der Waals surface area (Å²) in [4.78, 5) is 26.8. The number of hydrogen-bond donors (Lipinski definition) is 0. The number of carbonyl (C=O) groups is 2. The molecule has 0 atom stereocenters. The van der Waals surface area contributed by atoms with Gasteiger partial charge in [-0.05, 0) is 66.7 Å². The Kier molecular flexibility index (Phi) is 7.21. The van der Waals surface area contributed by atoms with Crippen molar-refractivity contribution in [2.24, 2.45) is 0 Å². The third kappa shape index (κ3) is 5.09. The maximum absolute atomic E-state index is 12.9. The number of nitrogens with zero attached hydrogens (tertiary/aromatic N) is 2. The van der Waals surface area contributed by atoms with Gasteiger partial charge in [0, 0.05) is 10.6 Å². The molecule has 0 aliphatic carbocycles. The topological polar surface area (TPSA) is 79.6 Å². The van der Waals surface area contributed by atoms with Crippen molar-refractivity contribution in [2.75, 3.05) is 11.5 Å². The zero-order valence-corrected chi connectivity index (χ0v) is 19.7. The lowest BCUT2D eigenvalue weighted by molar-refractivity contribution is -0.113. The first-order valence-electron chi connectivity index (χ1n) is 10.4. The lowest BCUT2D eigenvalue weighted by Gasteiger charge is -2.13. The minimum Gasteiger partial charge on any atom is -0.490 e. The van der Waals surface area contributed by atoms with E-state index in [-0.39, 0.29) is 11.8 Å². The molecule has 0 aromatic heterocycles. The Morgan fingerprint density at radius 3 is 2.62 bits per heavy atom. The van der Waals surface area contributed by atoms with Gasteiger partial charge in [-0.1, -0.05) is 41.9 Å². The standard InChI is InChI=1S/C26H19ClN2O4S/c1-2-32-23-12-17(10-11-22(23)33-16-19-7-4-3-6-18(19)15-28)13-24-25(30)29(26(31)34-24)21-9-5-8-20(27)14-21/h3-14H,2,16H2,1H3/b24-13+. The average molecular weight is 491 g/mol. The third-order valence-electron chi connectivity index (χ3n) is 4.95. The van der Waals surface area contributed by atoms with Gasteiger partial charge in [0.2, 0.25) is 0 Å². The summed E-state index contributed by atoms with van der Waals surface area (Å²) in [6, 6.07) is 21.3. The predicted octanol–water partition coefficient (Wildman–Crippen LogP) is 6.43. The van der Waals surface area contributed by atoms with Gasteiger partial charge in [-0.25, -0.2) is 4.90 Å². The Labute approximate surface area is 206 Å². The Morgan fingerprint density at radius 1 is 1.03 bits per heavy atom. The van der Waals surface area contributed by atoms with Gasteiger partial charge in [-0.15, -0.1) is 0 Å². The number of imide groups is 1. The molecule has 3 aromatic carbocycles. The second kappa shape index (κ2) is 10.5. The van der Waals surface area contributed by atoms with Gasteiger partial charge in [0.25, 0.3) is 11.1 Å². The van der Waals surface area contributed by atoms with E-state index in [1.54, 1.807) is 60.7 Å². The summed E-state index contributed by atoms with van der Waals surface area (Å²) in [5.41, 5.74) is 2.43. The molecule has 1 aliphatic rings. The molecule has 1 aliphatic heterocycles. The molecule has 1 fully saturated rings. The number of hydrogen-bond acceptors (Lipinski definition) is 6. The van der Waals surface area contributed by atoms with Crippen LogP contribution in [0.2, 0.25) is 5.02 Å². The summed E-state index contributed by atoms with van der Waals surface area (Å²) in [5, 5.41) is 9.32. The van der Waals surface area contributed by atoms with Crippen LogP contribution in [0.5, 0.6) is 11.5 Å². The lowest BCUT2D eigenvalue weighted by atomic mass is 10.1. The normalized spacial score (nSPS) is 14.4. The van der Waals surface area contributed by atoms with Crippen molar-refractivity contribution < 1.29 is 19.1 Å². The van der Waals surface area contributed by atoms with Crippen LogP contribution in [-0.4, -0.2) is 17.8 Å². The van der Waals surface area contributed by atoms with E-state index in [4.69, 9.17) is 21.1 Å². The molecule has 0 radical (unpaired) electrons. The number of ether oxygens (including phenoxy) is 2. The maximum atomic E-state index is 12.9. The summed E-state index contributed by atoms with van der Waals surface area (Å²) in [6.07, 6.45) is 1.65. The highest BCUT2D eigenvalue weighted by atomic mass is 35.5. The monoisotopic (exact) mass is 490 g/mol. The minimum atomic E-state index is -0.413. The fourth-order valence-electron chi connectivity index (χ4n) is 3.37. The second-order valence-electron chi connectivity index (χ2n) is 7.19. The van der Waals surface area contributed by atoms with Crippen molar-refractivity contribution in [3.8, 4) is 17.6 Å². The molecule has 2 amide bonds. The molecule has 0 bridgehead atoms. The Balaban J connectivity index is 1.57.